The van der Waals surface area contributed by atoms with Gasteiger partial charge in [-0.2, -0.15) is 0 Å². The van der Waals surface area contributed by atoms with Gasteiger partial charge in [-0.1, -0.05) is 26.3 Å². The maximum Gasteiger partial charge on any atom is 0.204 e. The first-order valence-electron chi connectivity index (χ1n) is 3.48. The highest BCUT2D eigenvalue weighted by molar-refractivity contribution is 5.42. The van der Waals surface area contributed by atoms with Gasteiger partial charge in [0, 0.05) is 0 Å². The average Bonchev–Trinajstić information content (AvgIpc) is 1.94. The van der Waals surface area contributed by atoms with Gasteiger partial charge >= 0.3 is 0 Å². The molecule has 0 atom stereocenters. The quantitative estimate of drug-likeness (QED) is 0.445. The zero-order valence-electron chi connectivity index (χ0n) is 7.48. The Kier molecular flexibility index (Phi) is 38.8. The van der Waals surface area contributed by atoms with E-state index in [4.69, 9.17) is 4.79 Å². The lowest BCUT2D eigenvalue weighted by molar-refractivity contribution is -0.106. The van der Waals surface area contributed by atoms with Gasteiger partial charge in [0.25, 0.3) is 0 Å². The van der Waals surface area contributed by atoms with Gasteiger partial charge in [0.15, 0.2) is 0 Å². The van der Waals surface area contributed by atoms with Gasteiger partial charge in [-0.15, -0.1) is 6.58 Å². The topological polar surface area (TPSA) is 43.1 Å². The molecule has 0 saturated heterocycles. The Hall–Kier alpha value is -0.790. The first-order valence-corrected chi connectivity index (χ1v) is 3.48. The van der Waals surface area contributed by atoms with E-state index < -0.39 is 0 Å². The molecule has 10 heavy (non-hydrogen) atoms. The van der Waals surface area contributed by atoms with Crippen LogP contribution in [0.1, 0.15) is 34.1 Å². The van der Waals surface area contributed by atoms with Gasteiger partial charge in [0.1, 0.15) is 0 Å². The van der Waals surface area contributed by atoms with E-state index in [9.17, 15) is 0 Å². The van der Waals surface area contributed by atoms with Gasteiger partial charge in [0.2, 0.25) is 6.41 Å². The molecule has 0 aromatic carbocycles. The van der Waals surface area contributed by atoms with Crippen molar-refractivity contribution in [3.05, 3.63) is 12.2 Å². The van der Waals surface area contributed by atoms with Crippen LogP contribution in [0.4, 0.5) is 0 Å². The van der Waals surface area contributed by atoms with Crippen molar-refractivity contribution in [1.29, 1.82) is 0 Å². The summed E-state index contributed by atoms with van der Waals surface area (Å²) in [5, 5.41) is 0. The number of amides is 1. The maximum atomic E-state index is 8.58. The maximum absolute atomic E-state index is 8.58. The van der Waals surface area contributed by atoms with Crippen molar-refractivity contribution in [1.82, 2.24) is 0 Å². The number of allylic oxidation sites excluding steroid dienone is 1. The van der Waals surface area contributed by atoms with Crippen LogP contribution in [0.25, 0.3) is 0 Å². The smallest absolute Gasteiger partial charge is 0.204 e. The molecule has 0 rings (SSSR count). The molecule has 0 fully saturated rings. The fraction of sp³-hybridized carbons (Fsp3) is 0.625. The Bertz CT molecular complexity index is 69.7. The molecular weight excluding hydrogens is 126 g/mol. The van der Waals surface area contributed by atoms with Crippen molar-refractivity contribution in [2.75, 3.05) is 0 Å². The van der Waals surface area contributed by atoms with Gasteiger partial charge in [-0.25, -0.2) is 0 Å². The monoisotopic (exact) mass is 145 g/mol. The van der Waals surface area contributed by atoms with Crippen LogP contribution in [-0.2, 0) is 4.79 Å². The van der Waals surface area contributed by atoms with E-state index in [2.05, 4.69) is 19.2 Å². The number of rotatable bonds is 1. The summed E-state index contributed by atoms with van der Waals surface area (Å²) >= 11 is 0. The normalized spacial score (nSPS) is 5.60. The third-order valence-corrected chi connectivity index (χ3v) is 0.604. The molecule has 0 aliphatic carbocycles. The lowest BCUT2D eigenvalue weighted by Gasteiger charge is -1.79. The van der Waals surface area contributed by atoms with E-state index >= 15 is 0 Å². The molecule has 1 amide bonds. The zero-order valence-corrected chi connectivity index (χ0v) is 7.48. The van der Waals surface area contributed by atoms with E-state index in [0.29, 0.717) is 0 Å². The summed E-state index contributed by atoms with van der Waals surface area (Å²) in [6.45, 7) is 11.8. The molecule has 0 aromatic rings. The molecule has 2 N–H and O–H groups in total. The predicted molar refractivity (Wildman–Crippen MR) is 46.7 cm³/mol. The van der Waals surface area contributed by atoms with Gasteiger partial charge in [-0.05, 0) is 13.3 Å². The van der Waals surface area contributed by atoms with Crippen molar-refractivity contribution in [3.8, 4) is 0 Å². The Labute approximate surface area is 64.1 Å². The summed E-state index contributed by atoms with van der Waals surface area (Å²) in [5.74, 6) is 0. The Morgan fingerprint density at radius 2 is 1.70 bits per heavy atom. The second-order valence-electron chi connectivity index (χ2n) is 1.45. The first kappa shape index (κ1) is 16.1. The third-order valence-electron chi connectivity index (χ3n) is 0.604. The molecule has 0 aliphatic rings. The van der Waals surface area contributed by atoms with Crippen molar-refractivity contribution in [2.45, 2.75) is 34.1 Å². The molecule has 2 nitrogen and oxygen atoms in total. The van der Waals surface area contributed by atoms with Crippen LogP contribution in [0, 0.1) is 0 Å². The molecule has 0 radical (unpaired) electrons. The number of primary amides is 1. The highest BCUT2D eigenvalue weighted by Gasteiger charge is 1.67. The van der Waals surface area contributed by atoms with Crippen LogP contribution in [0.5, 0.6) is 0 Å². The Balaban J connectivity index is -0.0000000847. The molecule has 0 aliphatic heterocycles. The highest BCUT2D eigenvalue weighted by atomic mass is 16.1. The Morgan fingerprint density at radius 1 is 1.60 bits per heavy atom. The molecule has 62 valence electrons. The number of carbonyl (C=O) groups excluding carboxylic acids is 1. The minimum atomic E-state index is 0.250. The van der Waals surface area contributed by atoms with Crippen molar-refractivity contribution in [2.24, 2.45) is 5.73 Å². The third kappa shape index (κ3) is 190. The molecule has 0 spiro atoms. The highest BCUT2D eigenvalue weighted by Crippen LogP contribution is 1.88. The largest absolute Gasteiger partial charge is 0.372 e. The SMILES string of the molecule is C=C(C)CC.CC.NC=O. The molecule has 0 heterocycles. The lowest BCUT2D eigenvalue weighted by Crippen LogP contribution is -1.82. The summed E-state index contributed by atoms with van der Waals surface area (Å²) in [6.07, 6.45) is 1.36. The fourth-order valence-corrected chi connectivity index (χ4v) is 0. The Morgan fingerprint density at radius 3 is 1.70 bits per heavy atom. The molecule has 0 aromatic heterocycles. The van der Waals surface area contributed by atoms with Gasteiger partial charge in [-0.3, -0.25) is 4.79 Å². The van der Waals surface area contributed by atoms with Crippen LogP contribution in [0.2, 0.25) is 0 Å². The fourth-order valence-electron chi connectivity index (χ4n) is 0. The van der Waals surface area contributed by atoms with E-state index in [1.165, 1.54) is 5.57 Å². The second kappa shape index (κ2) is 24.1. The van der Waals surface area contributed by atoms with E-state index in [-0.39, 0.29) is 6.41 Å². The van der Waals surface area contributed by atoms with Crippen LogP contribution in [0.3, 0.4) is 0 Å². The lowest BCUT2D eigenvalue weighted by atomic mass is 10.3. The molecule has 0 saturated carbocycles. The summed E-state index contributed by atoms with van der Waals surface area (Å²) in [7, 11) is 0. The van der Waals surface area contributed by atoms with Crippen LogP contribution >= 0.6 is 0 Å². The molecule has 0 bridgehead atoms. The zero-order chi connectivity index (χ0) is 8.99. The summed E-state index contributed by atoms with van der Waals surface area (Å²) in [4.78, 5) is 8.58. The standard InChI is InChI=1S/C5H10.C2H6.CH3NO/c1-4-5(2)3;1-2;2-1-3/h2,4H2,1,3H3;1-2H3;1H,(H2,2,3). The minimum Gasteiger partial charge on any atom is -0.372 e. The predicted octanol–water partition coefficient (Wildman–Crippen LogP) is 2.10. The summed E-state index contributed by atoms with van der Waals surface area (Å²) in [6, 6.07) is 0. The second-order valence-corrected chi connectivity index (χ2v) is 1.45. The summed E-state index contributed by atoms with van der Waals surface area (Å²) < 4.78 is 0. The van der Waals surface area contributed by atoms with Crippen LogP contribution in [-0.4, -0.2) is 6.41 Å². The van der Waals surface area contributed by atoms with Crippen molar-refractivity contribution in [3.63, 3.8) is 0 Å². The molecule has 2 heteroatoms. The first-order chi connectivity index (χ1) is 4.68. The van der Waals surface area contributed by atoms with Crippen molar-refractivity contribution < 1.29 is 4.79 Å². The van der Waals surface area contributed by atoms with E-state index in [0.717, 1.165) is 6.42 Å². The average molecular weight is 145 g/mol. The van der Waals surface area contributed by atoms with E-state index in [1.807, 2.05) is 20.8 Å². The number of hydrogen-bond acceptors (Lipinski definition) is 1. The van der Waals surface area contributed by atoms with Gasteiger partial charge in [0.05, 0.1) is 0 Å². The number of hydrogen-bond donors (Lipinski definition) is 1. The number of carbonyl (C=O) groups is 1. The van der Waals surface area contributed by atoms with Crippen molar-refractivity contribution >= 4 is 6.41 Å². The van der Waals surface area contributed by atoms with E-state index in [1.54, 1.807) is 0 Å². The van der Waals surface area contributed by atoms with Crippen LogP contribution in [0.15, 0.2) is 12.2 Å². The molecule has 0 unspecified atom stereocenters. The van der Waals surface area contributed by atoms with Crippen LogP contribution < -0.4 is 5.73 Å². The summed E-state index contributed by atoms with van der Waals surface area (Å²) in [5.41, 5.74) is 5.42. The van der Waals surface area contributed by atoms with Gasteiger partial charge < -0.3 is 5.73 Å². The minimum absolute atomic E-state index is 0.250. The molecular formula is C8H19NO. The number of nitrogens with two attached hydrogens (primary N) is 1.